The Kier molecular flexibility index (Phi) is 39.8. The molecule has 4 aromatic heterocycles. The van der Waals surface area contributed by atoms with Gasteiger partial charge in [-0.3, -0.25) is 24.0 Å². The molecule has 0 fully saturated rings. The number of amides is 5. The average Bonchev–Trinajstić information content (AvgIpc) is 1.67. The fourth-order valence-corrected chi connectivity index (χ4v) is 16.1. The maximum atomic E-state index is 14.8. The molecular formula is C101H120Br5N15O12. The van der Waals surface area contributed by atoms with Crippen LogP contribution in [0.5, 0.6) is 11.5 Å². The highest BCUT2D eigenvalue weighted by atomic mass is 79.9. The summed E-state index contributed by atoms with van der Waals surface area (Å²) < 4.78 is 31.5. The van der Waals surface area contributed by atoms with Gasteiger partial charge < -0.3 is 81.3 Å². The molecule has 133 heavy (non-hydrogen) atoms. The summed E-state index contributed by atoms with van der Waals surface area (Å²) in [6.07, 6.45) is 6.14. The second-order valence-corrected chi connectivity index (χ2v) is 39.1. The van der Waals surface area contributed by atoms with Crippen molar-refractivity contribution < 1.29 is 57.2 Å². The van der Waals surface area contributed by atoms with E-state index in [1.165, 1.54) is 5.56 Å². The number of aryl methyl sites for hydroxylation is 4. The fraction of sp³-hybridized carbons (Fsp3) is 0.337. The van der Waals surface area contributed by atoms with Gasteiger partial charge in [0.1, 0.15) is 57.6 Å². The summed E-state index contributed by atoms with van der Waals surface area (Å²) >= 11 is 17.5. The van der Waals surface area contributed by atoms with Crippen molar-refractivity contribution in [2.45, 2.75) is 198 Å². The summed E-state index contributed by atoms with van der Waals surface area (Å²) in [6, 6.07) is 52.5. The van der Waals surface area contributed by atoms with Crippen LogP contribution in [0.4, 0.5) is 9.59 Å². The molecule has 0 saturated carbocycles. The highest BCUT2D eigenvalue weighted by Gasteiger charge is 2.35. The number of aromatic amines is 4. The third-order valence-electron chi connectivity index (χ3n) is 20.4. The number of hydrogen-bond acceptors (Lipinski definition) is 18. The molecular weight excluding hydrogens is 2010 g/mol. The standard InChI is InChI=1S/C37H44BrN5O5.C20H22BrN3O.C17H22BrNO4.C16H20BrN3O2.C11H12BrN3/c1-21-16-26(33(39)44)17-22(2)28(21)18-30(42-36(46)48-37(5,6)7)35(45)43(20-25-13-14-32(47-8)23(3)15-25)24(4)34-40-19-31(41-34)27-11-9-10-12-29(27)38;1-13-10-15(8-9-19(13)25-3)11-22-14(2)20-23-12-18(24-20)16-6-4-5-7-17(16)21;1-11(9-15(21)23-17(2,3)4)16(22)19-10-14(20)12-7-5-6-8-13(12)18;1-10(19-15(21)22-16(2,3)4)14-18-9-13(20-14)11-7-5-6-8-12(11)17;1-7(13)11-14-6-10(15-11)8-4-2-3-5-9(8)12/h9-17,19,24,30H,18,20H2,1-8H3,(H2,39,44)(H,40,41)(H,42,46);4-10,12,14,22H,11H2,1-3H3,(H,23,24);5-8,11H,9-10H2,1-4H3,(H,19,22);5-10H,1-4H3,(H,18,20)(H,19,21);2-7H,13H2,1H3,(H,14,15)/t24-,30-;;;10-;/m0..0./s1. The van der Waals surface area contributed by atoms with Gasteiger partial charge in [-0.05, 0) is 211 Å². The number of halogens is 5. The molecule has 0 saturated heterocycles. The maximum Gasteiger partial charge on any atom is 0.408 e. The van der Waals surface area contributed by atoms with Crippen molar-refractivity contribution in [2.75, 3.05) is 20.8 Å². The summed E-state index contributed by atoms with van der Waals surface area (Å²) in [6.45, 7) is 34.1. The third-order valence-corrected chi connectivity index (χ3v) is 23.8. The Bertz CT molecular complexity index is 5940. The molecule has 12 aromatic rings. The van der Waals surface area contributed by atoms with Crippen molar-refractivity contribution in [1.29, 1.82) is 0 Å². The van der Waals surface area contributed by atoms with E-state index in [0.717, 1.165) is 126 Å². The van der Waals surface area contributed by atoms with Crippen molar-refractivity contribution in [1.82, 2.24) is 66.0 Å². The topological polar surface area (TPSA) is 384 Å². The number of primary amides is 1. The van der Waals surface area contributed by atoms with Crippen LogP contribution in [-0.4, -0.2) is 130 Å². The van der Waals surface area contributed by atoms with Crippen molar-refractivity contribution in [2.24, 2.45) is 17.4 Å². The molecule has 32 heteroatoms. The molecule has 0 aliphatic heterocycles. The molecule has 0 bridgehead atoms. The molecule has 706 valence electrons. The first-order valence-electron chi connectivity index (χ1n) is 43.1. The number of imidazole rings is 4. The Hall–Kier alpha value is -11.4. The molecule has 0 aliphatic rings. The quantitative estimate of drug-likeness (QED) is 0.0124. The number of rotatable bonds is 28. The van der Waals surface area contributed by atoms with Crippen LogP contribution in [0.3, 0.4) is 0 Å². The van der Waals surface area contributed by atoms with Crippen molar-refractivity contribution in [3.8, 4) is 56.5 Å². The summed E-state index contributed by atoms with van der Waals surface area (Å²) in [7, 11) is 3.31. The Morgan fingerprint density at radius 2 is 0.857 bits per heavy atom. The summed E-state index contributed by atoms with van der Waals surface area (Å²) in [5, 5.41) is 11.7. The van der Waals surface area contributed by atoms with E-state index in [9.17, 15) is 33.6 Å². The number of nitrogens with zero attached hydrogens (tertiary/aromatic N) is 5. The zero-order valence-corrected chi connectivity index (χ0v) is 86.6. The van der Waals surface area contributed by atoms with Gasteiger partial charge in [0.2, 0.25) is 17.7 Å². The van der Waals surface area contributed by atoms with E-state index in [1.807, 2.05) is 190 Å². The van der Waals surface area contributed by atoms with Crippen LogP contribution in [0.15, 0.2) is 217 Å². The zero-order valence-electron chi connectivity index (χ0n) is 78.7. The van der Waals surface area contributed by atoms with Crippen LogP contribution in [0, 0.1) is 33.6 Å². The van der Waals surface area contributed by atoms with E-state index < -0.39 is 58.9 Å². The first-order chi connectivity index (χ1) is 62.7. The van der Waals surface area contributed by atoms with Crippen LogP contribution in [0.25, 0.3) is 45.0 Å². The number of esters is 1. The Morgan fingerprint density at radius 1 is 0.466 bits per heavy atom. The van der Waals surface area contributed by atoms with Crippen LogP contribution in [-0.2, 0) is 48.1 Å². The molecule has 3 unspecified atom stereocenters. The highest BCUT2D eigenvalue weighted by molar-refractivity contribution is 9.11. The first-order valence-corrected chi connectivity index (χ1v) is 47.1. The van der Waals surface area contributed by atoms with Gasteiger partial charge in [0.05, 0.1) is 98.9 Å². The highest BCUT2D eigenvalue weighted by Crippen LogP contribution is 2.35. The number of benzene rings is 8. The van der Waals surface area contributed by atoms with Gasteiger partial charge in [-0.1, -0.05) is 202 Å². The lowest BCUT2D eigenvalue weighted by molar-refractivity contribution is -0.157. The van der Waals surface area contributed by atoms with E-state index in [-0.39, 0.29) is 61.7 Å². The summed E-state index contributed by atoms with van der Waals surface area (Å²) in [5.41, 5.74) is 24.7. The number of nitrogens with two attached hydrogens (primary N) is 2. The molecule has 5 amide bonds. The normalized spacial score (nSPS) is 12.5. The van der Waals surface area contributed by atoms with E-state index in [4.69, 9.17) is 35.2 Å². The predicted molar refractivity (Wildman–Crippen MR) is 539 cm³/mol. The van der Waals surface area contributed by atoms with E-state index in [1.54, 1.807) is 117 Å². The van der Waals surface area contributed by atoms with Crippen LogP contribution < -0.4 is 42.2 Å². The number of hydrogen-bond donors (Lipinski definition) is 10. The number of carbonyl (C=O) groups is 7. The number of carbonyl (C=O) groups excluding carboxylic acids is 7. The van der Waals surface area contributed by atoms with Gasteiger partial charge in [-0.25, -0.2) is 29.5 Å². The lowest BCUT2D eigenvalue weighted by Gasteiger charge is -2.33. The van der Waals surface area contributed by atoms with E-state index in [0.29, 0.717) is 27.2 Å². The smallest absolute Gasteiger partial charge is 0.408 e. The largest absolute Gasteiger partial charge is 0.496 e. The van der Waals surface area contributed by atoms with E-state index in [2.05, 4.69) is 173 Å². The lowest BCUT2D eigenvalue weighted by atomic mass is 9.93. The second-order valence-electron chi connectivity index (χ2n) is 34.8. The van der Waals surface area contributed by atoms with Crippen molar-refractivity contribution in [3.05, 3.63) is 290 Å². The predicted octanol–water partition coefficient (Wildman–Crippen LogP) is 22.5. The van der Waals surface area contributed by atoms with Crippen LogP contribution in [0.2, 0.25) is 0 Å². The van der Waals surface area contributed by atoms with E-state index >= 15 is 0 Å². The monoisotopic (exact) mass is 2130 g/mol. The van der Waals surface area contributed by atoms with Gasteiger partial charge in [-0.2, -0.15) is 0 Å². The Labute approximate surface area is 820 Å². The van der Waals surface area contributed by atoms with Crippen molar-refractivity contribution >= 4 is 121 Å². The Balaban J connectivity index is 0.000000218. The molecule has 0 radical (unpaired) electrons. The molecule has 4 heterocycles. The van der Waals surface area contributed by atoms with Crippen LogP contribution >= 0.6 is 79.6 Å². The number of methoxy groups -OCH3 is 2. The summed E-state index contributed by atoms with van der Waals surface area (Å²) in [5.74, 6) is 2.23. The van der Waals surface area contributed by atoms with Crippen LogP contribution in [0.1, 0.15) is 210 Å². The zero-order chi connectivity index (χ0) is 97.9. The van der Waals surface area contributed by atoms with Gasteiger partial charge >= 0.3 is 18.2 Å². The third kappa shape index (κ3) is 33.0. The number of H-pyrrole nitrogens is 4. The molecule has 12 rings (SSSR count). The molecule has 8 aromatic carbocycles. The van der Waals surface area contributed by atoms with Gasteiger partial charge in [-0.15, -0.1) is 0 Å². The number of Topliss-reactive ketones (excluding diaryl/α,β-unsaturated/α-hetero) is 1. The molecule has 0 aliphatic carbocycles. The number of aromatic nitrogens is 8. The van der Waals surface area contributed by atoms with Gasteiger partial charge in [0.15, 0.2) is 5.78 Å². The minimum absolute atomic E-state index is 0.0215. The van der Waals surface area contributed by atoms with Gasteiger partial charge in [0, 0.05) is 81.2 Å². The maximum absolute atomic E-state index is 14.8. The molecule has 12 N–H and O–H groups in total. The minimum atomic E-state index is -1.02. The molecule has 6 atom stereocenters. The Morgan fingerprint density at radius 3 is 1.27 bits per heavy atom. The lowest BCUT2D eigenvalue weighted by Crippen LogP contribution is -2.51. The second kappa shape index (κ2) is 49.6. The SMILES string of the molecule is CC(CC(=O)OC(C)(C)C)C(=O)NCC(=O)c1ccccc1Br.CC(N)c1ncc(-c2ccccc2Br)[nH]1.COc1ccc(CN(C(=O)[C@H](Cc2c(C)cc(C(N)=O)cc2C)NC(=O)OC(C)(C)C)[C@@H](C)c2ncc(-c3ccccc3Br)[nH]2)cc1C.COc1ccc(CNC(C)c2ncc(-c3ccccc3Br)[nH]2)cc1C.C[C@H](NC(=O)OC(C)(C)C)c1ncc(-c2ccccc2Br)[nH]1. The fourth-order valence-electron chi connectivity index (χ4n) is 13.6. The van der Waals surface area contributed by atoms with Crippen molar-refractivity contribution in [3.63, 3.8) is 0 Å². The summed E-state index contributed by atoms with van der Waals surface area (Å²) in [4.78, 5) is 120. The minimum Gasteiger partial charge on any atom is -0.496 e. The average molecular weight is 2140 g/mol. The number of alkyl carbamates (subject to hydrolysis) is 2. The van der Waals surface area contributed by atoms with Gasteiger partial charge in [0.25, 0.3) is 0 Å². The first kappa shape index (κ1) is 107. The number of ketones is 1. The number of nitrogens with one attached hydrogen (secondary N) is 8. The molecule has 0 spiro atoms. The molecule has 27 nitrogen and oxygen atoms in total. The number of ether oxygens (including phenoxy) is 5.